The van der Waals surface area contributed by atoms with Crippen molar-refractivity contribution in [3.63, 3.8) is 0 Å². The lowest BCUT2D eigenvalue weighted by atomic mass is 9.99. The van der Waals surface area contributed by atoms with Crippen LogP contribution in [-0.4, -0.2) is 93.2 Å². The number of aliphatic hydroxyl groups is 5. The van der Waals surface area contributed by atoms with Gasteiger partial charge < -0.3 is 44.8 Å². The summed E-state index contributed by atoms with van der Waals surface area (Å²) in [7, 11) is 0. The largest absolute Gasteiger partial charge is 0.508 e. The van der Waals surface area contributed by atoms with Crippen LogP contribution < -0.4 is 0 Å². The number of phenols is 1. The molecule has 1 heterocycles. The Hall–Kier alpha value is -2.05. The maximum Gasteiger partial charge on any atom is 0.330 e. The van der Waals surface area contributed by atoms with Crippen LogP contribution in [0.1, 0.15) is 5.56 Å². The van der Waals surface area contributed by atoms with E-state index in [4.69, 9.17) is 19.3 Å². The number of hydrogen-bond acceptors (Lipinski definition) is 10. The molecule has 156 valence electrons. The highest BCUT2D eigenvalue weighted by Gasteiger charge is 2.44. The zero-order chi connectivity index (χ0) is 20.7. The standard InChI is InChI=1S/C18H24O10/c19-7-13-15(23)16(24)17(25)18(28-13)27-9-12(21)8-26-14(22)6-3-10-1-4-11(20)5-2-10/h1-6,12-13,15-21,23-25H,7-9H2/b6-3+/t12-,13+,15+,16-,17+,18+/m0/s1. The van der Waals surface area contributed by atoms with E-state index in [1.165, 1.54) is 18.2 Å². The molecule has 0 bridgehead atoms. The minimum atomic E-state index is -1.59. The van der Waals surface area contributed by atoms with Gasteiger partial charge in [0.25, 0.3) is 0 Å². The number of esters is 1. The van der Waals surface area contributed by atoms with Gasteiger partial charge in [-0.1, -0.05) is 12.1 Å². The maximum absolute atomic E-state index is 11.6. The number of carbonyl (C=O) groups is 1. The molecule has 1 aromatic carbocycles. The van der Waals surface area contributed by atoms with Gasteiger partial charge in [0.1, 0.15) is 42.9 Å². The van der Waals surface area contributed by atoms with Gasteiger partial charge in [0, 0.05) is 6.08 Å². The quantitative estimate of drug-likeness (QED) is 0.215. The minimum absolute atomic E-state index is 0.0993. The second-order valence-corrected chi connectivity index (χ2v) is 6.24. The summed E-state index contributed by atoms with van der Waals surface area (Å²) in [5.74, 6) is -0.609. The van der Waals surface area contributed by atoms with Crippen LogP contribution in [0.4, 0.5) is 0 Å². The van der Waals surface area contributed by atoms with Crippen LogP contribution in [0.15, 0.2) is 30.3 Å². The number of rotatable bonds is 8. The molecule has 1 saturated heterocycles. The summed E-state index contributed by atoms with van der Waals surface area (Å²) >= 11 is 0. The molecule has 1 aliphatic heterocycles. The Morgan fingerprint density at radius 2 is 1.79 bits per heavy atom. The Morgan fingerprint density at radius 3 is 2.43 bits per heavy atom. The molecular formula is C18H24O10. The molecule has 6 atom stereocenters. The third-order valence-corrected chi connectivity index (χ3v) is 4.02. The second-order valence-electron chi connectivity index (χ2n) is 6.24. The average Bonchev–Trinajstić information content (AvgIpc) is 2.69. The summed E-state index contributed by atoms with van der Waals surface area (Å²) in [6, 6.07) is 6.13. The predicted molar refractivity (Wildman–Crippen MR) is 93.8 cm³/mol. The molecule has 0 amide bonds. The van der Waals surface area contributed by atoms with Crippen molar-refractivity contribution in [3.8, 4) is 5.75 Å². The second kappa shape index (κ2) is 10.5. The van der Waals surface area contributed by atoms with Crippen molar-refractivity contribution >= 4 is 12.0 Å². The van der Waals surface area contributed by atoms with Gasteiger partial charge in [-0.2, -0.15) is 0 Å². The smallest absolute Gasteiger partial charge is 0.330 e. The van der Waals surface area contributed by atoms with Crippen LogP contribution >= 0.6 is 0 Å². The van der Waals surface area contributed by atoms with Gasteiger partial charge in [-0.15, -0.1) is 0 Å². The van der Waals surface area contributed by atoms with Crippen molar-refractivity contribution in [2.24, 2.45) is 0 Å². The number of hydrogen-bond donors (Lipinski definition) is 6. The lowest BCUT2D eigenvalue weighted by Gasteiger charge is -2.39. The molecule has 0 aromatic heterocycles. The number of aromatic hydroxyl groups is 1. The first-order valence-electron chi connectivity index (χ1n) is 8.56. The Balaban J connectivity index is 1.73. The number of ether oxygens (including phenoxy) is 3. The molecule has 28 heavy (non-hydrogen) atoms. The lowest BCUT2D eigenvalue weighted by molar-refractivity contribution is -0.304. The molecule has 0 aliphatic carbocycles. The van der Waals surface area contributed by atoms with E-state index in [2.05, 4.69) is 0 Å². The molecule has 0 radical (unpaired) electrons. The Morgan fingerprint density at radius 1 is 1.11 bits per heavy atom. The van der Waals surface area contributed by atoms with Gasteiger partial charge in [0.15, 0.2) is 6.29 Å². The van der Waals surface area contributed by atoms with Crippen molar-refractivity contribution in [3.05, 3.63) is 35.9 Å². The monoisotopic (exact) mass is 400 g/mol. The van der Waals surface area contributed by atoms with Gasteiger partial charge in [-0.05, 0) is 23.8 Å². The molecule has 1 aromatic rings. The fraction of sp³-hybridized carbons (Fsp3) is 0.500. The summed E-state index contributed by atoms with van der Waals surface area (Å²) < 4.78 is 15.1. The van der Waals surface area contributed by atoms with E-state index in [1.54, 1.807) is 12.1 Å². The molecule has 10 heteroatoms. The fourth-order valence-corrected chi connectivity index (χ4v) is 2.44. The van der Waals surface area contributed by atoms with Gasteiger partial charge >= 0.3 is 5.97 Å². The van der Waals surface area contributed by atoms with Crippen molar-refractivity contribution in [2.45, 2.75) is 36.8 Å². The highest BCUT2D eigenvalue weighted by Crippen LogP contribution is 2.22. The van der Waals surface area contributed by atoms with Gasteiger partial charge in [-0.3, -0.25) is 0 Å². The molecule has 2 rings (SSSR count). The highest BCUT2D eigenvalue weighted by atomic mass is 16.7. The minimum Gasteiger partial charge on any atom is -0.508 e. The third kappa shape index (κ3) is 6.24. The normalized spacial score (nSPS) is 29.0. The first kappa shape index (κ1) is 22.2. The van der Waals surface area contributed by atoms with Gasteiger partial charge in [0.05, 0.1) is 13.2 Å². The Bertz CT molecular complexity index is 644. The van der Waals surface area contributed by atoms with Crippen molar-refractivity contribution < 1.29 is 49.6 Å². The van der Waals surface area contributed by atoms with Crippen molar-refractivity contribution in [1.82, 2.24) is 0 Å². The summed E-state index contributed by atoms with van der Waals surface area (Å²) in [6.45, 7) is -1.38. The topological polar surface area (TPSA) is 166 Å². The van der Waals surface area contributed by atoms with Gasteiger partial charge in [-0.25, -0.2) is 4.79 Å². The lowest BCUT2D eigenvalue weighted by Crippen LogP contribution is -2.59. The zero-order valence-corrected chi connectivity index (χ0v) is 14.9. The highest BCUT2D eigenvalue weighted by molar-refractivity contribution is 5.87. The Kier molecular flexibility index (Phi) is 8.33. The molecule has 0 saturated carbocycles. The maximum atomic E-state index is 11.6. The first-order chi connectivity index (χ1) is 13.3. The van der Waals surface area contributed by atoms with E-state index in [1.807, 2.05) is 0 Å². The van der Waals surface area contributed by atoms with Crippen LogP contribution in [0.2, 0.25) is 0 Å². The van der Waals surface area contributed by atoms with E-state index in [0.717, 1.165) is 6.08 Å². The molecule has 10 nitrogen and oxygen atoms in total. The predicted octanol–water partition coefficient (Wildman–Crippen LogP) is -1.87. The average molecular weight is 400 g/mol. The van der Waals surface area contributed by atoms with Gasteiger partial charge in [0.2, 0.25) is 0 Å². The van der Waals surface area contributed by atoms with Crippen LogP contribution in [0.3, 0.4) is 0 Å². The van der Waals surface area contributed by atoms with E-state index >= 15 is 0 Å². The first-order valence-corrected chi connectivity index (χ1v) is 8.56. The molecule has 1 fully saturated rings. The number of aliphatic hydroxyl groups excluding tert-OH is 5. The molecule has 0 spiro atoms. The van der Waals surface area contributed by atoms with E-state index in [-0.39, 0.29) is 5.75 Å². The molecule has 0 unspecified atom stereocenters. The molecular weight excluding hydrogens is 376 g/mol. The summed E-state index contributed by atoms with van der Waals surface area (Å²) in [5.41, 5.74) is 0.668. The number of phenolic OH excluding ortho intramolecular Hbond substituents is 1. The molecule has 6 N–H and O–H groups in total. The third-order valence-electron chi connectivity index (χ3n) is 4.02. The van der Waals surface area contributed by atoms with Crippen LogP contribution in [0.5, 0.6) is 5.75 Å². The van der Waals surface area contributed by atoms with E-state index in [0.29, 0.717) is 5.56 Å². The molecule has 1 aliphatic rings. The van der Waals surface area contributed by atoms with Crippen molar-refractivity contribution in [1.29, 1.82) is 0 Å². The summed E-state index contributed by atoms with van der Waals surface area (Å²) in [6.07, 6.45) is -5.80. The SMILES string of the molecule is O=C(/C=C/c1ccc(O)cc1)OC[C@H](O)CO[C@@H]1O[C@H](CO)[C@@H](O)[C@H](O)[C@H]1O. The van der Waals surface area contributed by atoms with Crippen molar-refractivity contribution in [2.75, 3.05) is 19.8 Å². The van der Waals surface area contributed by atoms with Crippen LogP contribution in [0.25, 0.3) is 6.08 Å². The Labute approximate surface area is 160 Å². The van der Waals surface area contributed by atoms with E-state index in [9.17, 15) is 30.3 Å². The number of benzene rings is 1. The summed E-state index contributed by atoms with van der Waals surface area (Å²) in [5, 5.41) is 57.2. The zero-order valence-electron chi connectivity index (χ0n) is 14.9. The van der Waals surface area contributed by atoms with Crippen LogP contribution in [-0.2, 0) is 19.0 Å². The fourth-order valence-electron chi connectivity index (χ4n) is 2.44. The summed E-state index contributed by atoms with van der Waals surface area (Å²) in [4.78, 5) is 11.6. The number of carbonyl (C=O) groups excluding carboxylic acids is 1. The van der Waals surface area contributed by atoms with E-state index < -0.39 is 62.6 Å². The van der Waals surface area contributed by atoms with Crippen LogP contribution in [0, 0.1) is 0 Å².